The van der Waals surface area contributed by atoms with Gasteiger partial charge in [0.25, 0.3) is 0 Å². The third-order valence-corrected chi connectivity index (χ3v) is 2.96. The number of nitrogens with two attached hydrogens (primary N) is 2. The van der Waals surface area contributed by atoms with Crippen molar-refractivity contribution in [1.82, 2.24) is 10.9 Å². The molecule has 1 aromatic rings. The first kappa shape index (κ1) is 20.6. The van der Waals surface area contributed by atoms with Gasteiger partial charge < -0.3 is 10.7 Å². The molecule has 6 N–H and O–H groups in total. The van der Waals surface area contributed by atoms with E-state index in [-0.39, 0.29) is 18.4 Å². The average Bonchev–Trinajstić information content (AvgIpc) is 2.52. The van der Waals surface area contributed by atoms with Crippen molar-refractivity contribution >= 4 is 53.5 Å². The van der Waals surface area contributed by atoms with E-state index in [2.05, 4.69) is 26.0 Å². The predicted octanol–water partition coefficient (Wildman–Crippen LogP) is 1.01. The molecule has 0 spiro atoms. The van der Waals surface area contributed by atoms with Crippen LogP contribution in [0.15, 0.2) is 34.5 Å². The van der Waals surface area contributed by atoms with Crippen LogP contribution in [-0.2, 0) is 0 Å². The van der Waals surface area contributed by atoms with Crippen LogP contribution in [0.5, 0.6) is 0 Å². The molecule has 0 amide bonds. The minimum atomic E-state index is 0. The summed E-state index contributed by atoms with van der Waals surface area (Å²) in [4.78, 5) is 2.12. The largest absolute Gasteiger partial charge is 0.369 e. The van der Waals surface area contributed by atoms with Gasteiger partial charge in [-0.05, 0) is 17.7 Å². The maximum Gasteiger partial charge on any atom is 0.248 e. The zero-order valence-electron chi connectivity index (χ0n) is 11.9. The van der Waals surface area contributed by atoms with Crippen molar-refractivity contribution in [3.05, 3.63) is 29.8 Å². The number of benzene rings is 1. The number of hydrazine groups is 1. The topological polar surface area (TPSA) is 104 Å². The summed E-state index contributed by atoms with van der Waals surface area (Å²) in [5.41, 5.74) is 6.79. The highest BCUT2D eigenvalue weighted by Crippen LogP contribution is 2.14. The Morgan fingerprint density at radius 2 is 1.77 bits per heavy atom. The Morgan fingerprint density at radius 3 is 2.23 bits per heavy atom. The van der Waals surface area contributed by atoms with Crippen molar-refractivity contribution in [1.29, 1.82) is 0 Å². The van der Waals surface area contributed by atoms with Gasteiger partial charge in [-0.15, -0.1) is 40.7 Å². The molecule has 0 heterocycles. The van der Waals surface area contributed by atoms with Crippen LogP contribution in [0.1, 0.15) is 5.56 Å². The molecular formula is C12H20Cl3N7. The molecule has 0 aliphatic rings. The molecule has 0 aliphatic heterocycles. The van der Waals surface area contributed by atoms with Gasteiger partial charge in [0.05, 0.1) is 6.21 Å². The molecule has 0 fully saturated rings. The summed E-state index contributed by atoms with van der Waals surface area (Å²) in [6.45, 7) is 1.50. The second-order valence-corrected chi connectivity index (χ2v) is 4.70. The van der Waals surface area contributed by atoms with Crippen LogP contribution in [0.3, 0.4) is 0 Å². The van der Waals surface area contributed by atoms with Gasteiger partial charge in [-0.3, -0.25) is 5.43 Å². The lowest BCUT2D eigenvalue weighted by molar-refractivity contribution is 0.874. The number of hydrogen-bond donors (Lipinski definition) is 4. The normalized spacial score (nSPS) is 11.1. The maximum absolute atomic E-state index is 5.79. The van der Waals surface area contributed by atoms with Gasteiger partial charge in [0.15, 0.2) is 0 Å². The molecule has 22 heavy (non-hydrogen) atoms. The van der Waals surface area contributed by atoms with E-state index in [0.29, 0.717) is 11.8 Å². The number of alkyl halides is 2. The van der Waals surface area contributed by atoms with E-state index >= 15 is 0 Å². The van der Waals surface area contributed by atoms with Crippen LogP contribution in [0.2, 0.25) is 0 Å². The molecular weight excluding hydrogens is 349 g/mol. The first-order valence-electron chi connectivity index (χ1n) is 6.25. The number of guanidine groups is 1. The van der Waals surface area contributed by atoms with Gasteiger partial charge in [-0.1, -0.05) is 12.1 Å². The van der Waals surface area contributed by atoms with Crippen LogP contribution < -0.4 is 27.4 Å². The summed E-state index contributed by atoms with van der Waals surface area (Å²) < 4.78 is 0. The first-order valence-corrected chi connectivity index (χ1v) is 7.32. The maximum atomic E-state index is 5.79. The fraction of sp³-hybridized carbons (Fsp3) is 0.333. The zero-order chi connectivity index (χ0) is 15.5. The molecule has 0 atom stereocenters. The molecule has 0 radical (unpaired) electrons. The second kappa shape index (κ2) is 12.2. The van der Waals surface area contributed by atoms with Crippen LogP contribution >= 0.6 is 35.6 Å². The number of halogens is 3. The van der Waals surface area contributed by atoms with Gasteiger partial charge >= 0.3 is 0 Å². The van der Waals surface area contributed by atoms with E-state index in [1.54, 1.807) is 6.21 Å². The number of nitrogens with one attached hydrogen (secondary N) is 2. The van der Waals surface area contributed by atoms with Crippen molar-refractivity contribution in [3.63, 3.8) is 0 Å². The Morgan fingerprint density at radius 1 is 1.18 bits per heavy atom. The van der Waals surface area contributed by atoms with Crippen molar-refractivity contribution in [2.75, 3.05) is 29.7 Å². The van der Waals surface area contributed by atoms with Gasteiger partial charge in [0.1, 0.15) is 0 Å². The highest BCUT2D eigenvalue weighted by molar-refractivity contribution is 6.18. The second-order valence-electron chi connectivity index (χ2n) is 3.95. The Kier molecular flexibility index (Phi) is 11.4. The van der Waals surface area contributed by atoms with Crippen LogP contribution in [0.4, 0.5) is 5.69 Å². The summed E-state index contributed by atoms with van der Waals surface area (Å²) in [6.07, 6.45) is 1.62. The van der Waals surface area contributed by atoms with Crippen LogP contribution in [-0.4, -0.2) is 37.0 Å². The third-order valence-electron chi connectivity index (χ3n) is 2.62. The molecule has 1 aromatic carbocycles. The number of anilines is 1. The van der Waals surface area contributed by atoms with Gasteiger partial charge in [-0.2, -0.15) is 5.10 Å². The molecule has 10 heteroatoms. The lowest BCUT2D eigenvalue weighted by Gasteiger charge is -2.22. The molecule has 0 unspecified atom stereocenters. The quantitative estimate of drug-likeness (QED) is 0.189. The molecule has 1 rings (SSSR count). The van der Waals surface area contributed by atoms with Gasteiger partial charge in [0.2, 0.25) is 5.96 Å². The van der Waals surface area contributed by atoms with Crippen molar-refractivity contribution in [2.45, 2.75) is 0 Å². The van der Waals surface area contributed by atoms with Crippen molar-refractivity contribution in [2.24, 2.45) is 21.9 Å². The zero-order valence-corrected chi connectivity index (χ0v) is 14.2. The minimum Gasteiger partial charge on any atom is -0.369 e. The monoisotopic (exact) mass is 367 g/mol. The number of hydrazone groups is 2. The van der Waals surface area contributed by atoms with E-state index in [1.807, 2.05) is 24.3 Å². The van der Waals surface area contributed by atoms with Gasteiger partial charge in [0, 0.05) is 30.5 Å². The summed E-state index contributed by atoms with van der Waals surface area (Å²) in [5, 5.41) is 7.29. The van der Waals surface area contributed by atoms with Gasteiger partial charge in [-0.25, -0.2) is 11.3 Å². The Hall–Kier alpha value is -1.41. The Balaban J connectivity index is 0.00000441. The summed E-state index contributed by atoms with van der Waals surface area (Å²) in [7, 11) is 0. The molecule has 0 bridgehead atoms. The molecule has 0 aromatic heterocycles. The third kappa shape index (κ3) is 7.04. The number of nitrogens with zero attached hydrogens (tertiary/aromatic N) is 3. The summed E-state index contributed by atoms with van der Waals surface area (Å²) in [6, 6.07) is 7.84. The average molecular weight is 369 g/mol. The smallest absolute Gasteiger partial charge is 0.248 e. The highest BCUT2D eigenvalue weighted by Gasteiger charge is 2.04. The predicted molar refractivity (Wildman–Crippen MR) is 97.0 cm³/mol. The fourth-order valence-electron chi connectivity index (χ4n) is 1.61. The molecule has 7 nitrogen and oxygen atoms in total. The van der Waals surface area contributed by atoms with Crippen LogP contribution in [0.25, 0.3) is 0 Å². The summed E-state index contributed by atoms with van der Waals surface area (Å²) >= 11 is 11.6. The standard InChI is InChI=1S/C12H19Cl2N7.ClH/c13-5-7-21(8-6-14)11-3-1-10(2-4-11)9-17-20-12(18-15)19-16;/h1-4,9H,5-8,15-16H2,(H2,18,19,20);1H/b17-9+;. The van der Waals surface area contributed by atoms with E-state index in [1.165, 1.54) is 0 Å². The lowest BCUT2D eigenvalue weighted by atomic mass is 10.2. The number of hydrogen-bond acceptors (Lipinski definition) is 5. The molecule has 0 saturated carbocycles. The number of rotatable bonds is 7. The van der Waals surface area contributed by atoms with Crippen LogP contribution in [0, 0.1) is 0 Å². The molecule has 0 saturated heterocycles. The van der Waals surface area contributed by atoms with E-state index in [0.717, 1.165) is 24.3 Å². The van der Waals surface area contributed by atoms with E-state index in [9.17, 15) is 0 Å². The summed E-state index contributed by atoms with van der Waals surface area (Å²) in [5.74, 6) is 11.5. The molecule has 0 aliphatic carbocycles. The SMILES string of the molecule is Cl.N/N=C(\NN)N/N=C/c1ccc(N(CCCl)CCCl)cc1. The highest BCUT2D eigenvalue weighted by atomic mass is 35.5. The fourth-order valence-corrected chi connectivity index (χ4v) is 2.02. The first-order chi connectivity index (χ1) is 10.2. The Bertz CT molecular complexity index is 458. The molecule has 124 valence electrons. The van der Waals surface area contributed by atoms with Crippen molar-refractivity contribution in [3.8, 4) is 0 Å². The minimum absolute atomic E-state index is 0. The van der Waals surface area contributed by atoms with E-state index in [4.69, 9.17) is 34.9 Å². The lowest BCUT2D eigenvalue weighted by Crippen LogP contribution is -2.39. The Labute approximate surface area is 146 Å². The van der Waals surface area contributed by atoms with E-state index < -0.39 is 0 Å². The van der Waals surface area contributed by atoms with Crippen molar-refractivity contribution < 1.29 is 0 Å².